The maximum absolute atomic E-state index is 13.0. The highest BCUT2D eigenvalue weighted by molar-refractivity contribution is 8.18. The van der Waals surface area contributed by atoms with E-state index in [0.717, 1.165) is 22.2 Å². The number of ether oxygens (including phenoxy) is 3. The fraction of sp³-hybridized carbons (Fsp3) is 0.148. The second-order valence-electron chi connectivity index (χ2n) is 7.60. The minimum atomic E-state index is -0.417. The Hall–Kier alpha value is -4.29. The van der Waals surface area contributed by atoms with Crippen LogP contribution in [0.2, 0.25) is 0 Å². The van der Waals surface area contributed by atoms with Gasteiger partial charge in [-0.15, -0.1) is 0 Å². The zero-order valence-electron chi connectivity index (χ0n) is 19.3. The number of imide groups is 1. The summed E-state index contributed by atoms with van der Waals surface area (Å²) in [6.45, 7) is 0.351. The Kier molecular flexibility index (Phi) is 7.88. The number of halogens is 1. The van der Waals surface area contributed by atoms with Gasteiger partial charge in [-0.05, 0) is 65.9 Å². The Balaban J connectivity index is 1.40. The lowest BCUT2D eigenvalue weighted by atomic mass is 10.1. The first-order valence-electron chi connectivity index (χ1n) is 10.9. The molecule has 0 atom stereocenters. The van der Waals surface area contributed by atoms with Gasteiger partial charge in [-0.2, -0.15) is 5.26 Å². The number of hydrogen-bond acceptors (Lipinski definition) is 7. The van der Waals surface area contributed by atoms with E-state index < -0.39 is 11.1 Å². The molecule has 0 spiro atoms. The van der Waals surface area contributed by atoms with Crippen LogP contribution in [0.4, 0.5) is 9.18 Å². The molecule has 1 fully saturated rings. The zero-order chi connectivity index (χ0) is 25.5. The molecular weight excluding hydrogens is 483 g/mol. The molecule has 182 valence electrons. The van der Waals surface area contributed by atoms with Gasteiger partial charge in [0.25, 0.3) is 11.1 Å². The number of rotatable bonds is 9. The fourth-order valence-electron chi connectivity index (χ4n) is 3.43. The van der Waals surface area contributed by atoms with Crippen LogP contribution in [0.5, 0.6) is 17.2 Å². The third kappa shape index (κ3) is 5.85. The summed E-state index contributed by atoms with van der Waals surface area (Å²) in [6.07, 6.45) is 1.61. The number of carbonyl (C=O) groups excluding carboxylic acids is 2. The van der Waals surface area contributed by atoms with Crippen molar-refractivity contribution in [1.29, 1.82) is 5.26 Å². The Labute approximate surface area is 211 Å². The molecule has 1 aliphatic heterocycles. The molecule has 0 bridgehead atoms. The average molecular weight is 505 g/mol. The number of carbonyl (C=O) groups is 2. The molecule has 3 aromatic carbocycles. The molecule has 0 radical (unpaired) electrons. The molecular formula is C27H21FN2O5S. The maximum atomic E-state index is 13.0. The number of amides is 2. The van der Waals surface area contributed by atoms with Gasteiger partial charge < -0.3 is 14.2 Å². The van der Waals surface area contributed by atoms with Gasteiger partial charge in [0.1, 0.15) is 24.8 Å². The first-order valence-corrected chi connectivity index (χ1v) is 11.7. The van der Waals surface area contributed by atoms with Crippen LogP contribution in [0.3, 0.4) is 0 Å². The molecule has 4 rings (SSSR count). The van der Waals surface area contributed by atoms with Gasteiger partial charge in [0.15, 0.2) is 11.5 Å². The van der Waals surface area contributed by atoms with Crippen molar-refractivity contribution in [3.8, 4) is 23.3 Å². The van der Waals surface area contributed by atoms with Gasteiger partial charge in [-0.3, -0.25) is 14.5 Å². The minimum absolute atomic E-state index is 0.0691. The van der Waals surface area contributed by atoms with E-state index in [4.69, 9.17) is 14.2 Å². The monoisotopic (exact) mass is 504 g/mol. The van der Waals surface area contributed by atoms with Gasteiger partial charge in [0, 0.05) is 5.56 Å². The van der Waals surface area contributed by atoms with Crippen molar-refractivity contribution in [2.75, 3.05) is 20.3 Å². The normalized spacial score (nSPS) is 14.1. The van der Waals surface area contributed by atoms with Crippen LogP contribution in [0.25, 0.3) is 6.08 Å². The molecule has 7 nitrogen and oxygen atoms in total. The lowest BCUT2D eigenvalue weighted by Gasteiger charge is -2.13. The molecule has 3 aromatic rings. The van der Waals surface area contributed by atoms with E-state index in [1.807, 2.05) is 12.1 Å². The molecule has 2 amide bonds. The number of hydrogen-bond donors (Lipinski definition) is 0. The molecule has 1 heterocycles. The highest BCUT2D eigenvalue weighted by Crippen LogP contribution is 2.34. The van der Waals surface area contributed by atoms with Crippen LogP contribution >= 0.6 is 11.8 Å². The fourth-order valence-corrected chi connectivity index (χ4v) is 4.30. The predicted molar refractivity (Wildman–Crippen MR) is 133 cm³/mol. The molecule has 0 aromatic heterocycles. The largest absolute Gasteiger partial charge is 0.493 e. The summed E-state index contributed by atoms with van der Waals surface area (Å²) >= 11 is 0.845. The van der Waals surface area contributed by atoms with E-state index >= 15 is 0 Å². The Morgan fingerprint density at radius 1 is 1.03 bits per heavy atom. The SMILES string of the molecule is COc1cc(/C=C2\SC(=O)N(CCOc3ccc(F)cc3)C2=O)ccc1OCc1ccccc1C#N. The summed E-state index contributed by atoms with van der Waals surface area (Å²) in [6, 6.07) is 20.0. The number of benzene rings is 3. The summed E-state index contributed by atoms with van der Waals surface area (Å²) in [4.78, 5) is 26.5. The molecule has 0 N–H and O–H groups in total. The molecule has 0 unspecified atom stereocenters. The van der Waals surface area contributed by atoms with Crippen molar-refractivity contribution in [1.82, 2.24) is 4.90 Å². The van der Waals surface area contributed by atoms with Gasteiger partial charge in [-0.1, -0.05) is 24.3 Å². The third-order valence-electron chi connectivity index (χ3n) is 5.28. The minimum Gasteiger partial charge on any atom is -0.493 e. The highest BCUT2D eigenvalue weighted by Gasteiger charge is 2.34. The molecule has 0 saturated carbocycles. The number of nitrogens with zero attached hydrogens (tertiary/aromatic N) is 2. The molecule has 1 aliphatic rings. The zero-order valence-corrected chi connectivity index (χ0v) is 20.1. The predicted octanol–water partition coefficient (Wildman–Crippen LogP) is 5.40. The van der Waals surface area contributed by atoms with Crippen LogP contribution in [-0.4, -0.2) is 36.3 Å². The van der Waals surface area contributed by atoms with Crippen LogP contribution in [0.15, 0.2) is 71.6 Å². The summed E-state index contributed by atoms with van der Waals surface area (Å²) in [7, 11) is 1.50. The molecule has 36 heavy (non-hydrogen) atoms. The number of thioether (sulfide) groups is 1. The second-order valence-corrected chi connectivity index (χ2v) is 8.60. The van der Waals surface area contributed by atoms with Gasteiger partial charge in [0.05, 0.1) is 30.2 Å². The first kappa shape index (κ1) is 24.8. The smallest absolute Gasteiger partial charge is 0.293 e. The van der Waals surface area contributed by atoms with Crippen molar-refractivity contribution in [3.63, 3.8) is 0 Å². The highest BCUT2D eigenvalue weighted by atomic mass is 32.2. The Bertz CT molecular complexity index is 1350. The van der Waals surface area contributed by atoms with E-state index in [1.54, 1.807) is 36.4 Å². The van der Waals surface area contributed by atoms with E-state index in [1.165, 1.54) is 31.4 Å². The van der Waals surface area contributed by atoms with Crippen LogP contribution in [-0.2, 0) is 11.4 Å². The average Bonchev–Trinajstić information content (AvgIpc) is 3.16. The van der Waals surface area contributed by atoms with Crippen LogP contribution < -0.4 is 14.2 Å². The third-order valence-corrected chi connectivity index (χ3v) is 6.18. The van der Waals surface area contributed by atoms with Crippen molar-refractivity contribution in [2.45, 2.75) is 6.61 Å². The van der Waals surface area contributed by atoms with Crippen molar-refractivity contribution >= 4 is 29.0 Å². The Morgan fingerprint density at radius 3 is 2.56 bits per heavy atom. The summed E-state index contributed by atoms with van der Waals surface area (Å²) in [5.41, 5.74) is 1.94. The van der Waals surface area contributed by atoms with Crippen LogP contribution in [0, 0.1) is 17.1 Å². The second kappa shape index (κ2) is 11.4. The summed E-state index contributed by atoms with van der Waals surface area (Å²) in [5, 5.41) is 8.85. The topological polar surface area (TPSA) is 88.9 Å². The summed E-state index contributed by atoms with van der Waals surface area (Å²) in [5.74, 6) is 0.585. The standard InChI is InChI=1S/C27H21FN2O5S/c1-33-24-14-18(6-11-23(24)35-17-20-5-3-2-4-19(20)16-29)15-25-26(31)30(27(32)36-25)12-13-34-22-9-7-21(28)8-10-22/h2-11,14-15H,12-13,17H2,1H3/b25-15-. The van der Waals surface area contributed by atoms with Crippen molar-refractivity contribution < 1.29 is 28.2 Å². The lowest BCUT2D eigenvalue weighted by Crippen LogP contribution is -2.32. The van der Waals surface area contributed by atoms with Gasteiger partial charge >= 0.3 is 0 Å². The van der Waals surface area contributed by atoms with Crippen molar-refractivity contribution in [3.05, 3.63) is 94.1 Å². The lowest BCUT2D eigenvalue weighted by molar-refractivity contribution is -0.123. The van der Waals surface area contributed by atoms with E-state index in [2.05, 4.69) is 6.07 Å². The maximum Gasteiger partial charge on any atom is 0.293 e. The Morgan fingerprint density at radius 2 is 1.81 bits per heavy atom. The van der Waals surface area contributed by atoms with E-state index in [0.29, 0.717) is 28.4 Å². The van der Waals surface area contributed by atoms with Crippen molar-refractivity contribution in [2.24, 2.45) is 0 Å². The van der Waals surface area contributed by atoms with Crippen LogP contribution in [0.1, 0.15) is 16.7 Å². The van der Waals surface area contributed by atoms with Gasteiger partial charge in [-0.25, -0.2) is 4.39 Å². The number of nitriles is 1. The molecule has 0 aliphatic carbocycles. The van der Waals surface area contributed by atoms with Gasteiger partial charge in [0.2, 0.25) is 0 Å². The molecule has 1 saturated heterocycles. The quantitative estimate of drug-likeness (QED) is 0.361. The first-order chi connectivity index (χ1) is 17.5. The van der Waals surface area contributed by atoms with E-state index in [-0.39, 0.29) is 30.5 Å². The van der Waals surface area contributed by atoms with E-state index in [9.17, 15) is 19.2 Å². The number of methoxy groups -OCH3 is 1. The molecule has 9 heteroatoms. The summed E-state index contributed by atoms with van der Waals surface area (Å²) < 4.78 is 29.8.